The number of nitrogens with zero attached hydrogens (tertiary/aromatic N) is 1. The molecule has 6 heteroatoms. The van der Waals surface area contributed by atoms with Gasteiger partial charge in [-0.15, -0.1) is 0 Å². The molecule has 0 aromatic heterocycles. The van der Waals surface area contributed by atoms with Crippen molar-refractivity contribution in [3.8, 4) is 0 Å². The van der Waals surface area contributed by atoms with E-state index in [0.717, 1.165) is 4.90 Å². The van der Waals surface area contributed by atoms with Gasteiger partial charge in [0.1, 0.15) is 11.2 Å². The lowest BCUT2D eigenvalue weighted by atomic mass is 10.2. The van der Waals surface area contributed by atoms with Crippen LogP contribution in [0.5, 0.6) is 0 Å². The summed E-state index contributed by atoms with van der Waals surface area (Å²) in [4.78, 5) is 25.8. The molecule has 1 rings (SSSR count). The molecule has 0 aliphatic carbocycles. The maximum atomic E-state index is 12.3. The average molecular weight is 409 g/mol. The van der Waals surface area contributed by atoms with Crippen molar-refractivity contribution in [2.75, 3.05) is 0 Å². The first-order chi connectivity index (χ1) is 9.49. The van der Waals surface area contributed by atoms with Gasteiger partial charge < -0.3 is 9.47 Å². The van der Waals surface area contributed by atoms with Crippen LogP contribution in [0.25, 0.3) is 0 Å². The number of hydrogen-bond donors (Lipinski definition) is 0. The smallest absolute Gasteiger partial charge is 0.420 e. The summed E-state index contributed by atoms with van der Waals surface area (Å²) in [5.41, 5.74) is -1.32. The number of halogens is 1. The lowest BCUT2D eigenvalue weighted by Gasteiger charge is -2.32. The third-order valence-electron chi connectivity index (χ3n) is 2.30. The molecule has 21 heavy (non-hydrogen) atoms. The van der Waals surface area contributed by atoms with Gasteiger partial charge in [-0.2, -0.15) is 0 Å². The zero-order valence-corrected chi connectivity index (χ0v) is 15.6. The Balaban J connectivity index is 2.94. The second-order valence-corrected chi connectivity index (χ2v) is 9.05. The van der Waals surface area contributed by atoms with Crippen molar-refractivity contribution in [1.29, 1.82) is 0 Å². The van der Waals surface area contributed by atoms with Gasteiger partial charge in [0.05, 0.1) is 6.04 Å². The highest BCUT2D eigenvalue weighted by Gasteiger charge is 2.35. The van der Waals surface area contributed by atoms with Crippen molar-refractivity contribution >= 4 is 36.9 Å². The first kappa shape index (κ1) is 18.1. The van der Waals surface area contributed by atoms with Crippen LogP contribution in [-0.2, 0) is 9.47 Å². The van der Waals surface area contributed by atoms with Crippen molar-refractivity contribution in [3.63, 3.8) is 0 Å². The first-order valence-corrected chi connectivity index (χ1v) is 9.34. The SMILES string of the molecule is CC(C)(C)OC(=O)N(C(=O)OC(C)(C)C)C1C=CI=CC1. The van der Waals surface area contributed by atoms with Gasteiger partial charge in [0.25, 0.3) is 0 Å². The Morgan fingerprint density at radius 3 is 1.86 bits per heavy atom. The Labute approximate surface area is 136 Å². The molecule has 1 unspecified atom stereocenters. The minimum absolute atomic E-state index is 0.0693. The molecule has 0 saturated carbocycles. The van der Waals surface area contributed by atoms with Crippen molar-refractivity contribution < 1.29 is 19.1 Å². The van der Waals surface area contributed by atoms with Crippen LogP contribution in [0.3, 0.4) is 0 Å². The molecule has 0 aromatic carbocycles. The molecule has 120 valence electrons. The monoisotopic (exact) mass is 409 g/mol. The van der Waals surface area contributed by atoms with Gasteiger partial charge in [-0.1, -0.05) is 26.8 Å². The molecule has 1 heterocycles. The number of rotatable bonds is 1. The molecule has 1 atom stereocenters. The molecular weight excluding hydrogens is 385 g/mol. The van der Waals surface area contributed by atoms with Crippen LogP contribution < -0.4 is 0 Å². The second kappa shape index (κ2) is 6.89. The normalized spacial score (nSPS) is 18.7. The van der Waals surface area contributed by atoms with Gasteiger partial charge in [-0.25, -0.2) is 14.5 Å². The van der Waals surface area contributed by atoms with Crippen molar-refractivity contribution in [2.45, 2.75) is 65.2 Å². The van der Waals surface area contributed by atoms with Gasteiger partial charge >= 0.3 is 12.2 Å². The van der Waals surface area contributed by atoms with Gasteiger partial charge in [0.15, 0.2) is 0 Å². The Bertz CT molecular complexity index is 429. The van der Waals surface area contributed by atoms with E-state index in [-0.39, 0.29) is 26.8 Å². The molecule has 0 fully saturated rings. The molecule has 1 aliphatic rings. The number of carbonyl (C=O) groups excluding carboxylic acids is 2. The maximum absolute atomic E-state index is 12.3. The number of imide groups is 1. The van der Waals surface area contributed by atoms with Crippen LogP contribution in [0.15, 0.2) is 10.2 Å². The van der Waals surface area contributed by atoms with Gasteiger partial charge in [-0.05, 0) is 56.1 Å². The Hall–Kier alpha value is -0.920. The zero-order valence-electron chi connectivity index (χ0n) is 13.5. The molecule has 1 aliphatic heterocycles. The fraction of sp³-hybridized carbons (Fsp3) is 0.667. The van der Waals surface area contributed by atoms with E-state index in [9.17, 15) is 9.59 Å². The summed E-state index contributed by atoms with van der Waals surface area (Å²) in [7, 11) is 0. The highest BCUT2D eigenvalue weighted by Crippen LogP contribution is 2.21. The highest BCUT2D eigenvalue weighted by molar-refractivity contribution is 14.2. The summed E-state index contributed by atoms with van der Waals surface area (Å²) in [6, 6.07) is -0.330. The topological polar surface area (TPSA) is 55.8 Å². The molecule has 0 bridgehead atoms. The van der Waals surface area contributed by atoms with Gasteiger partial charge in [0, 0.05) is 0 Å². The first-order valence-electron chi connectivity index (χ1n) is 6.85. The van der Waals surface area contributed by atoms with Crippen LogP contribution in [0, 0.1) is 0 Å². The quantitative estimate of drug-likeness (QED) is 0.609. The second-order valence-electron chi connectivity index (χ2n) is 6.73. The summed E-state index contributed by atoms with van der Waals surface area (Å²) in [6.45, 7) is 10.6. The van der Waals surface area contributed by atoms with Crippen molar-refractivity contribution in [3.05, 3.63) is 10.2 Å². The highest BCUT2D eigenvalue weighted by atomic mass is 127. The van der Waals surface area contributed by atoms with E-state index >= 15 is 0 Å². The van der Waals surface area contributed by atoms with E-state index in [2.05, 4.69) is 4.01 Å². The summed E-state index contributed by atoms with van der Waals surface area (Å²) in [5.74, 6) is 0. The van der Waals surface area contributed by atoms with Crippen LogP contribution in [0.2, 0.25) is 0 Å². The fourth-order valence-corrected chi connectivity index (χ4v) is 3.38. The summed E-state index contributed by atoms with van der Waals surface area (Å²) < 4.78 is 14.8. The zero-order chi connectivity index (χ0) is 16.3. The largest absolute Gasteiger partial charge is 0.443 e. The minimum Gasteiger partial charge on any atom is -0.443 e. The van der Waals surface area contributed by atoms with Crippen LogP contribution in [0.4, 0.5) is 9.59 Å². The van der Waals surface area contributed by atoms with Gasteiger partial charge in [0.2, 0.25) is 0 Å². The molecule has 2 amide bonds. The van der Waals surface area contributed by atoms with Crippen molar-refractivity contribution in [1.82, 2.24) is 4.90 Å². The lowest BCUT2D eigenvalue weighted by molar-refractivity contribution is -0.00300. The average Bonchev–Trinajstić information content (AvgIpc) is 2.25. The van der Waals surface area contributed by atoms with Crippen LogP contribution in [-0.4, -0.2) is 38.3 Å². The fourth-order valence-electron chi connectivity index (χ4n) is 1.56. The predicted molar refractivity (Wildman–Crippen MR) is 91.9 cm³/mol. The van der Waals surface area contributed by atoms with E-state index in [0.29, 0.717) is 6.42 Å². The number of carbonyl (C=O) groups is 2. The lowest BCUT2D eigenvalue weighted by Crippen LogP contribution is -2.48. The molecule has 0 spiro atoms. The van der Waals surface area contributed by atoms with Gasteiger partial charge in [-0.3, -0.25) is 0 Å². The predicted octanol–water partition coefficient (Wildman–Crippen LogP) is 4.22. The molecule has 0 radical (unpaired) electrons. The van der Waals surface area contributed by atoms with E-state index in [4.69, 9.17) is 9.47 Å². The van der Waals surface area contributed by atoms with E-state index in [1.54, 1.807) is 41.5 Å². The van der Waals surface area contributed by atoms with E-state index < -0.39 is 23.4 Å². The molecule has 0 saturated heterocycles. The number of ether oxygens (including phenoxy) is 2. The molecular formula is C15H24INO4. The summed E-state index contributed by atoms with van der Waals surface area (Å²) in [5, 5.41) is 0. The van der Waals surface area contributed by atoms with E-state index in [1.807, 2.05) is 10.2 Å². The summed E-state index contributed by atoms with van der Waals surface area (Å²) >= 11 is -0.0693. The molecule has 0 aromatic rings. The van der Waals surface area contributed by atoms with Crippen LogP contribution >= 0.6 is 20.7 Å². The third-order valence-corrected chi connectivity index (χ3v) is 4.15. The van der Waals surface area contributed by atoms with Crippen LogP contribution in [0.1, 0.15) is 48.0 Å². The summed E-state index contributed by atoms with van der Waals surface area (Å²) in [6.07, 6.45) is 1.21. The minimum atomic E-state index is -0.667. The Morgan fingerprint density at radius 1 is 1.05 bits per heavy atom. The Kier molecular flexibility index (Phi) is 5.95. The Morgan fingerprint density at radius 2 is 1.52 bits per heavy atom. The third kappa shape index (κ3) is 6.58. The van der Waals surface area contributed by atoms with E-state index in [1.165, 1.54) is 0 Å². The standard InChI is InChI=1S/C15H24INO4/c1-14(2,3)20-12(18)17(11-7-9-16-10-8-11)13(19)21-15(4,5)6/h7,9-11H,8H2,1-6H3. The number of hydrogen-bond acceptors (Lipinski definition) is 4. The molecule has 0 N–H and O–H groups in total. The maximum Gasteiger partial charge on any atom is 0.420 e. The van der Waals surface area contributed by atoms with Crippen molar-refractivity contribution in [2.24, 2.45) is 0 Å². The molecule has 5 nitrogen and oxygen atoms in total. The number of amides is 2.